The third-order valence-electron chi connectivity index (χ3n) is 5.52. The molecule has 2 amide bonds. The minimum atomic E-state index is -0.916. The average Bonchev–Trinajstić information content (AvgIpc) is 3.04. The number of nitrogens with zero attached hydrogens (tertiary/aromatic N) is 4. The number of nitrogens with one attached hydrogen (secondary N) is 1. The van der Waals surface area contributed by atoms with Crippen LogP contribution in [0, 0.1) is 6.92 Å². The van der Waals surface area contributed by atoms with Crippen molar-refractivity contribution in [2.24, 2.45) is 0 Å². The maximum atomic E-state index is 13.6. The SMILES string of the molecule is CCOC(=O)CC1C(=O)NCCN1c1nc2ccc(C)cn2c(=O)c1C=C1SC(=S)N(C)C1=O. The standard InChI is InChI=1S/C22H23N5O5S2/c1-4-32-17(28)10-14-19(29)23-7-8-26(14)18-13(9-15-21(31)25(3)22(33)34-15)20(30)27-11-12(2)5-6-16(27)24-18/h5-6,9,11,14H,4,7-8,10H2,1-3H3,(H,23,29). The van der Waals surface area contributed by atoms with E-state index in [4.69, 9.17) is 17.0 Å². The third kappa shape index (κ3) is 4.42. The van der Waals surface area contributed by atoms with Crippen molar-refractivity contribution in [2.75, 3.05) is 31.6 Å². The van der Waals surface area contributed by atoms with Crippen molar-refractivity contribution in [1.82, 2.24) is 19.6 Å². The number of rotatable bonds is 5. The molecular formula is C22H23N5O5S2. The number of anilines is 1. The maximum absolute atomic E-state index is 13.6. The number of carbonyl (C=O) groups excluding carboxylic acids is 3. The Hall–Kier alpha value is -3.25. The molecule has 0 saturated carbocycles. The summed E-state index contributed by atoms with van der Waals surface area (Å²) in [5.74, 6) is -0.999. The van der Waals surface area contributed by atoms with Crippen molar-refractivity contribution < 1.29 is 19.1 Å². The minimum Gasteiger partial charge on any atom is -0.466 e. The Morgan fingerprint density at radius 3 is 2.79 bits per heavy atom. The minimum absolute atomic E-state index is 0.139. The molecule has 2 fully saturated rings. The van der Waals surface area contributed by atoms with Gasteiger partial charge in [0, 0.05) is 26.3 Å². The van der Waals surface area contributed by atoms with Crippen molar-refractivity contribution in [3.63, 3.8) is 0 Å². The predicted octanol–water partition coefficient (Wildman–Crippen LogP) is 1.09. The summed E-state index contributed by atoms with van der Waals surface area (Å²) >= 11 is 6.31. The van der Waals surface area contributed by atoms with Crippen LogP contribution in [0.1, 0.15) is 24.5 Å². The number of pyridine rings is 1. The number of carbonyl (C=O) groups is 3. The molecule has 0 radical (unpaired) electrons. The highest BCUT2D eigenvalue weighted by Gasteiger charge is 2.36. The molecule has 2 saturated heterocycles. The highest BCUT2D eigenvalue weighted by atomic mass is 32.2. The predicted molar refractivity (Wildman–Crippen MR) is 133 cm³/mol. The molecule has 12 heteroatoms. The third-order valence-corrected chi connectivity index (χ3v) is 7.00. The van der Waals surface area contributed by atoms with Gasteiger partial charge in [-0.15, -0.1) is 0 Å². The monoisotopic (exact) mass is 501 g/mol. The van der Waals surface area contributed by atoms with Crippen molar-refractivity contribution in [3.05, 3.63) is 44.7 Å². The Kier molecular flexibility index (Phi) is 6.71. The number of thiocarbonyl (C=S) groups is 1. The number of fused-ring (bicyclic) bond motifs is 1. The first kappa shape index (κ1) is 23.9. The van der Waals surface area contributed by atoms with E-state index in [0.29, 0.717) is 23.1 Å². The molecule has 1 N–H and O–H groups in total. The summed E-state index contributed by atoms with van der Waals surface area (Å²) in [7, 11) is 1.57. The molecule has 1 unspecified atom stereocenters. The van der Waals surface area contributed by atoms with Crippen LogP contribution >= 0.6 is 24.0 Å². The van der Waals surface area contributed by atoms with Gasteiger partial charge in [0.05, 0.1) is 23.5 Å². The Morgan fingerprint density at radius 2 is 2.12 bits per heavy atom. The van der Waals surface area contributed by atoms with E-state index < -0.39 is 17.6 Å². The smallest absolute Gasteiger partial charge is 0.308 e. The van der Waals surface area contributed by atoms with Crippen LogP contribution in [0.4, 0.5) is 5.82 Å². The number of thioether (sulfide) groups is 1. The summed E-state index contributed by atoms with van der Waals surface area (Å²) in [6.07, 6.45) is 2.93. The van der Waals surface area contributed by atoms with E-state index in [2.05, 4.69) is 10.3 Å². The van der Waals surface area contributed by atoms with E-state index in [1.165, 1.54) is 15.4 Å². The summed E-state index contributed by atoms with van der Waals surface area (Å²) < 4.78 is 6.83. The van der Waals surface area contributed by atoms with Gasteiger partial charge in [-0.25, -0.2) is 4.98 Å². The average molecular weight is 502 g/mol. The zero-order valence-electron chi connectivity index (χ0n) is 18.9. The second-order valence-corrected chi connectivity index (χ2v) is 9.51. The molecule has 10 nitrogen and oxygen atoms in total. The number of piperazine rings is 1. The first-order valence-corrected chi connectivity index (χ1v) is 11.9. The molecule has 178 valence electrons. The van der Waals surface area contributed by atoms with Crippen LogP contribution in [-0.2, 0) is 19.1 Å². The van der Waals surface area contributed by atoms with Gasteiger partial charge in [0.15, 0.2) is 0 Å². The summed E-state index contributed by atoms with van der Waals surface area (Å²) in [6.45, 7) is 4.36. The summed E-state index contributed by atoms with van der Waals surface area (Å²) in [5.41, 5.74) is 0.978. The molecule has 2 aliphatic heterocycles. The maximum Gasteiger partial charge on any atom is 0.308 e. The van der Waals surface area contributed by atoms with Gasteiger partial charge in [0.2, 0.25) is 5.91 Å². The van der Waals surface area contributed by atoms with E-state index in [-0.39, 0.29) is 41.1 Å². The van der Waals surface area contributed by atoms with Gasteiger partial charge in [-0.3, -0.25) is 28.5 Å². The van der Waals surface area contributed by atoms with Crippen LogP contribution in [0.25, 0.3) is 11.7 Å². The molecule has 0 aliphatic carbocycles. The van der Waals surface area contributed by atoms with Gasteiger partial charge in [-0.2, -0.15) is 0 Å². The molecule has 0 aromatic carbocycles. The molecule has 2 aromatic rings. The van der Waals surface area contributed by atoms with Gasteiger partial charge < -0.3 is 15.0 Å². The van der Waals surface area contributed by atoms with Crippen LogP contribution < -0.4 is 15.8 Å². The molecule has 4 rings (SSSR count). The molecular weight excluding hydrogens is 478 g/mol. The Bertz CT molecular complexity index is 1300. The number of hydrogen-bond acceptors (Lipinski definition) is 9. The van der Waals surface area contributed by atoms with Gasteiger partial charge in [-0.1, -0.05) is 30.0 Å². The summed E-state index contributed by atoms with van der Waals surface area (Å²) in [5, 5.41) is 2.75. The number of amides is 2. The van der Waals surface area contributed by atoms with E-state index >= 15 is 0 Å². The summed E-state index contributed by atoms with van der Waals surface area (Å²) in [6, 6.07) is 2.62. The van der Waals surface area contributed by atoms with Gasteiger partial charge in [0.25, 0.3) is 11.5 Å². The fourth-order valence-electron chi connectivity index (χ4n) is 3.82. The lowest BCUT2D eigenvalue weighted by molar-refractivity contribution is -0.145. The fraction of sp³-hybridized carbons (Fsp3) is 0.364. The molecule has 1 atom stereocenters. The normalized spacial score (nSPS) is 19.8. The largest absolute Gasteiger partial charge is 0.466 e. The van der Waals surface area contributed by atoms with E-state index in [0.717, 1.165) is 17.3 Å². The van der Waals surface area contributed by atoms with Crippen LogP contribution in [0.3, 0.4) is 0 Å². The quantitative estimate of drug-likeness (QED) is 0.365. The van der Waals surface area contributed by atoms with Crippen molar-refractivity contribution in [1.29, 1.82) is 0 Å². The highest BCUT2D eigenvalue weighted by molar-refractivity contribution is 8.26. The molecule has 2 aromatic heterocycles. The van der Waals surface area contributed by atoms with Gasteiger partial charge in [-0.05, 0) is 31.6 Å². The van der Waals surface area contributed by atoms with Crippen LogP contribution in [0.15, 0.2) is 28.0 Å². The van der Waals surface area contributed by atoms with Gasteiger partial charge in [0.1, 0.15) is 21.8 Å². The Labute approximate surface area is 204 Å². The lowest BCUT2D eigenvalue weighted by Crippen LogP contribution is -2.57. The zero-order valence-corrected chi connectivity index (χ0v) is 20.5. The number of ether oxygens (including phenoxy) is 1. The number of likely N-dealkylation sites (N-methyl/N-ethyl adjacent to an activating group) is 1. The lowest BCUT2D eigenvalue weighted by atomic mass is 10.1. The molecule has 4 heterocycles. The van der Waals surface area contributed by atoms with Crippen molar-refractivity contribution in [3.8, 4) is 0 Å². The first-order chi connectivity index (χ1) is 16.2. The molecule has 0 spiro atoms. The zero-order chi connectivity index (χ0) is 24.6. The number of hydrogen-bond donors (Lipinski definition) is 1. The summed E-state index contributed by atoms with van der Waals surface area (Å²) in [4.78, 5) is 59.2. The number of aromatic nitrogens is 2. The molecule has 0 bridgehead atoms. The molecule has 2 aliphatic rings. The Balaban J connectivity index is 1.91. The lowest BCUT2D eigenvalue weighted by Gasteiger charge is -2.36. The van der Waals surface area contributed by atoms with Crippen LogP contribution in [-0.4, -0.2) is 69.2 Å². The van der Waals surface area contributed by atoms with Gasteiger partial charge >= 0.3 is 5.97 Å². The molecule has 34 heavy (non-hydrogen) atoms. The van der Waals surface area contributed by atoms with Crippen molar-refractivity contribution in [2.45, 2.75) is 26.3 Å². The number of esters is 1. The number of aryl methyl sites for hydroxylation is 1. The van der Waals surface area contributed by atoms with Crippen molar-refractivity contribution >= 4 is 63.6 Å². The van der Waals surface area contributed by atoms with E-state index in [1.807, 2.05) is 13.0 Å². The van der Waals surface area contributed by atoms with Crippen LogP contribution in [0.5, 0.6) is 0 Å². The van der Waals surface area contributed by atoms with Crippen LogP contribution in [0.2, 0.25) is 0 Å². The first-order valence-electron chi connectivity index (χ1n) is 10.7. The topological polar surface area (TPSA) is 113 Å². The second-order valence-electron chi connectivity index (χ2n) is 7.84. The highest BCUT2D eigenvalue weighted by Crippen LogP contribution is 2.33. The fourth-order valence-corrected chi connectivity index (χ4v) is 4.98. The Morgan fingerprint density at radius 1 is 1.35 bits per heavy atom. The van der Waals surface area contributed by atoms with E-state index in [1.54, 1.807) is 31.1 Å². The van der Waals surface area contributed by atoms with E-state index in [9.17, 15) is 19.2 Å². The second kappa shape index (κ2) is 9.55.